The third-order valence-electron chi connectivity index (χ3n) is 4.80. The van der Waals surface area contributed by atoms with E-state index in [1.807, 2.05) is 15.8 Å². The molecule has 6 heteroatoms. The predicted molar refractivity (Wildman–Crippen MR) is 85.5 cm³/mol. The summed E-state index contributed by atoms with van der Waals surface area (Å²) >= 11 is 1.58. The molecule has 0 unspecified atom stereocenters. The van der Waals surface area contributed by atoms with Crippen LogP contribution < -0.4 is 5.32 Å². The van der Waals surface area contributed by atoms with Crippen LogP contribution in [-0.2, 0) is 16.0 Å². The second-order valence-electron chi connectivity index (χ2n) is 6.25. The summed E-state index contributed by atoms with van der Waals surface area (Å²) in [7, 11) is 0. The van der Waals surface area contributed by atoms with Gasteiger partial charge in [-0.05, 0) is 25.7 Å². The van der Waals surface area contributed by atoms with Crippen LogP contribution in [0.4, 0.5) is 0 Å². The summed E-state index contributed by atoms with van der Waals surface area (Å²) in [5.74, 6) is 0.768. The molecular formula is C16H23N3O2S. The number of nitrogens with one attached hydrogen (secondary N) is 1. The maximum atomic E-state index is 12.2. The molecule has 0 atom stereocenters. The van der Waals surface area contributed by atoms with Gasteiger partial charge in [0.1, 0.15) is 0 Å². The van der Waals surface area contributed by atoms with Crippen LogP contribution >= 0.6 is 11.3 Å². The Morgan fingerprint density at radius 2 is 2.00 bits per heavy atom. The van der Waals surface area contributed by atoms with Gasteiger partial charge in [0, 0.05) is 43.3 Å². The Morgan fingerprint density at radius 3 is 2.59 bits per heavy atom. The van der Waals surface area contributed by atoms with Gasteiger partial charge in [0.05, 0.1) is 11.2 Å². The number of hydrogen-bond donors (Lipinski definition) is 1. The zero-order valence-corrected chi connectivity index (χ0v) is 13.6. The third-order valence-corrected chi connectivity index (χ3v) is 5.43. The lowest BCUT2D eigenvalue weighted by molar-refractivity contribution is -0.141. The summed E-state index contributed by atoms with van der Waals surface area (Å²) in [6, 6.07) is 0. The molecule has 0 bridgehead atoms. The monoisotopic (exact) mass is 321 g/mol. The molecule has 1 saturated heterocycles. The topological polar surface area (TPSA) is 62.3 Å². The van der Waals surface area contributed by atoms with Crippen molar-refractivity contribution in [2.24, 2.45) is 11.8 Å². The molecule has 2 heterocycles. The number of amides is 2. The maximum absolute atomic E-state index is 12.2. The molecule has 2 aliphatic rings. The molecular weight excluding hydrogens is 298 g/mol. The fourth-order valence-electron chi connectivity index (χ4n) is 3.09. The summed E-state index contributed by atoms with van der Waals surface area (Å²) in [5, 5.41) is 5.01. The first-order valence-electron chi connectivity index (χ1n) is 8.17. The Bertz CT molecular complexity index is 505. The van der Waals surface area contributed by atoms with E-state index in [0.29, 0.717) is 12.5 Å². The number of carbonyl (C=O) groups excluding carboxylic acids is 2. The van der Waals surface area contributed by atoms with Crippen molar-refractivity contribution in [2.45, 2.75) is 38.5 Å². The van der Waals surface area contributed by atoms with Gasteiger partial charge in [-0.25, -0.2) is 4.98 Å². The summed E-state index contributed by atoms with van der Waals surface area (Å²) < 4.78 is 0. The number of carbonyl (C=O) groups is 2. The number of thiazole rings is 1. The lowest BCUT2D eigenvalue weighted by Crippen LogP contribution is -2.46. The average molecular weight is 321 g/mol. The molecule has 1 aromatic heterocycles. The van der Waals surface area contributed by atoms with Crippen LogP contribution in [-0.4, -0.2) is 41.3 Å². The largest absolute Gasteiger partial charge is 0.355 e. The Hall–Kier alpha value is -1.43. The second kappa shape index (κ2) is 7.22. The molecule has 120 valence electrons. The van der Waals surface area contributed by atoms with E-state index in [0.717, 1.165) is 50.9 Å². The summed E-state index contributed by atoms with van der Waals surface area (Å²) in [6.07, 6.45) is 5.66. The number of rotatable bonds is 5. The minimum atomic E-state index is 0.0564. The predicted octanol–water partition coefficient (Wildman–Crippen LogP) is 1.84. The quantitative estimate of drug-likeness (QED) is 0.900. The van der Waals surface area contributed by atoms with Crippen molar-refractivity contribution < 1.29 is 9.59 Å². The number of aromatic nitrogens is 1. The summed E-state index contributed by atoms with van der Waals surface area (Å²) in [6.45, 7) is 2.11. The molecule has 0 aromatic carbocycles. The molecule has 0 radical (unpaired) electrons. The number of piperidine rings is 1. The zero-order chi connectivity index (χ0) is 15.4. The van der Waals surface area contributed by atoms with E-state index in [1.54, 1.807) is 11.3 Å². The van der Waals surface area contributed by atoms with Crippen LogP contribution in [0.25, 0.3) is 0 Å². The highest BCUT2D eigenvalue weighted by Gasteiger charge is 2.33. The first kappa shape index (κ1) is 15.5. The summed E-state index contributed by atoms with van der Waals surface area (Å²) in [5.41, 5.74) is 2.85. The van der Waals surface area contributed by atoms with Crippen LogP contribution in [0, 0.1) is 11.8 Å². The zero-order valence-electron chi connectivity index (χ0n) is 12.8. The second-order valence-corrected chi connectivity index (χ2v) is 6.97. The molecule has 1 aliphatic heterocycles. The molecule has 2 amide bonds. The van der Waals surface area contributed by atoms with Crippen molar-refractivity contribution in [1.82, 2.24) is 15.2 Å². The minimum absolute atomic E-state index is 0.0564. The van der Waals surface area contributed by atoms with Gasteiger partial charge in [-0.2, -0.15) is 0 Å². The molecule has 22 heavy (non-hydrogen) atoms. The van der Waals surface area contributed by atoms with Gasteiger partial charge in [-0.1, -0.05) is 6.42 Å². The van der Waals surface area contributed by atoms with E-state index >= 15 is 0 Å². The van der Waals surface area contributed by atoms with Gasteiger partial charge in [-0.15, -0.1) is 11.3 Å². The Labute approximate surface area is 135 Å². The number of likely N-dealkylation sites (tertiary alicyclic amines) is 1. The van der Waals surface area contributed by atoms with E-state index in [2.05, 4.69) is 10.3 Å². The normalized spacial score (nSPS) is 19.7. The standard InChI is InChI=1S/C16H23N3O2S/c20-15(17-7-4-14-10-22-11-18-14)12-5-8-19(9-6-12)16(21)13-2-1-3-13/h10-13H,1-9H2,(H,17,20). The molecule has 1 N–H and O–H groups in total. The molecule has 0 spiro atoms. The molecule has 1 aromatic rings. The van der Waals surface area contributed by atoms with E-state index < -0.39 is 0 Å². The highest BCUT2D eigenvalue weighted by Crippen LogP contribution is 2.30. The third kappa shape index (κ3) is 3.66. The fourth-order valence-corrected chi connectivity index (χ4v) is 3.69. The smallest absolute Gasteiger partial charge is 0.225 e. The van der Waals surface area contributed by atoms with Crippen LogP contribution in [0.1, 0.15) is 37.8 Å². The molecule has 1 saturated carbocycles. The number of hydrogen-bond acceptors (Lipinski definition) is 4. The summed E-state index contributed by atoms with van der Waals surface area (Å²) in [4.78, 5) is 30.5. The van der Waals surface area contributed by atoms with Gasteiger partial charge < -0.3 is 10.2 Å². The maximum Gasteiger partial charge on any atom is 0.225 e. The van der Waals surface area contributed by atoms with Crippen LogP contribution in [0.15, 0.2) is 10.9 Å². The highest BCUT2D eigenvalue weighted by molar-refractivity contribution is 7.07. The van der Waals surface area contributed by atoms with Crippen molar-refractivity contribution in [3.8, 4) is 0 Å². The molecule has 1 aliphatic carbocycles. The minimum Gasteiger partial charge on any atom is -0.355 e. The van der Waals surface area contributed by atoms with Gasteiger partial charge in [0.25, 0.3) is 0 Å². The van der Waals surface area contributed by atoms with Crippen molar-refractivity contribution in [3.63, 3.8) is 0 Å². The van der Waals surface area contributed by atoms with Gasteiger partial charge >= 0.3 is 0 Å². The Morgan fingerprint density at radius 1 is 1.23 bits per heavy atom. The van der Waals surface area contributed by atoms with E-state index in [-0.39, 0.29) is 17.7 Å². The fraction of sp³-hybridized carbons (Fsp3) is 0.688. The van der Waals surface area contributed by atoms with Crippen molar-refractivity contribution in [2.75, 3.05) is 19.6 Å². The first-order chi connectivity index (χ1) is 10.7. The van der Waals surface area contributed by atoms with Crippen LogP contribution in [0.3, 0.4) is 0 Å². The average Bonchev–Trinajstić information content (AvgIpc) is 2.99. The molecule has 2 fully saturated rings. The number of nitrogens with zero attached hydrogens (tertiary/aromatic N) is 2. The van der Waals surface area contributed by atoms with Crippen molar-refractivity contribution in [1.29, 1.82) is 0 Å². The van der Waals surface area contributed by atoms with E-state index in [1.165, 1.54) is 6.42 Å². The first-order valence-corrected chi connectivity index (χ1v) is 9.12. The van der Waals surface area contributed by atoms with E-state index in [4.69, 9.17) is 0 Å². The van der Waals surface area contributed by atoms with Gasteiger partial charge in [-0.3, -0.25) is 9.59 Å². The SMILES string of the molecule is O=C(NCCc1cscn1)C1CCN(C(=O)C2CCC2)CC1. The lowest BCUT2D eigenvalue weighted by atomic mass is 9.83. The highest BCUT2D eigenvalue weighted by atomic mass is 32.1. The lowest BCUT2D eigenvalue weighted by Gasteiger charge is -2.36. The Kier molecular flexibility index (Phi) is 5.08. The van der Waals surface area contributed by atoms with Gasteiger partial charge in [0.2, 0.25) is 11.8 Å². The van der Waals surface area contributed by atoms with Crippen molar-refractivity contribution >= 4 is 23.2 Å². The van der Waals surface area contributed by atoms with E-state index in [9.17, 15) is 9.59 Å². The van der Waals surface area contributed by atoms with Crippen molar-refractivity contribution in [3.05, 3.63) is 16.6 Å². The Balaban J connectivity index is 1.37. The molecule has 3 rings (SSSR count). The van der Waals surface area contributed by atoms with Crippen LogP contribution in [0.2, 0.25) is 0 Å². The molecule has 5 nitrogen and oxygen atoms in total. The van der Waals surface area contributed by atoms with Crippen LogP contribution in [0.5, 0.6) is 0 Å². The van der Waals surface area contributed by atoms with Gasteiger partial charge in [0.15, 0.2) is 0 Å².